The smallest absolute Gasteiger partial charge is 0.261 e. The number of hydrogen-bond acceptors (Lipinski definition) is 6. The van der Waals surface area contributed by atoms with Gasteiger partial charge in [0.1, 0.15) is 23.3 Å². The van der Waals surface area contributed by atoms with Crippen LogP contribution in [0.2, 0.25) is 0 Å². The molecule has 0 atom stereocenters. The van der Waals surface area contributed by atoms with Crippen LogP contribution in [0, 0.1) is 35.8 Å². The van der Waals surface area contributed by atoms with Gasteiger partial charge < -0.3 is 0 Å². The summed E-state index contributed by atoms with van der Waals surface area (Å²) in [4.78, 5) is 38.5. The summed E-state index contributed by atoms with van der Waals surface area (Å²) >= 11 is 3.41. The molecule has 2 aromatic heterocycles. The van der Waals surface area contributed by atoms with Crippen LogP contribution in [0.3, 0.4) is 0 Å². The van der Waals surface area contributed by atoms with Crippen molar-refractivity contribution in [3.8, 4) is 24.2 Å². The molecule has 4 aromatic carbocycles. The molecule has 8 nitrogen and oxygen atoms in total. The molecule has 0 N–H and O–H groups in total. The van der Waals surface area contributed by atoms with Crippen LogP contribution in [0.25, 0.3) is 21.8 Å². The van der Waals surface area contributed by atoms with Gasteiger partial charge in [-0.3, -0.25) is 28.5 Å². The molecule has 0 spiro atoms. The summed E-state index contributed by atoms with van der Waals surface area (Å²) < 4.78 is 29.6. The van der Waals surface area contributed by atoms with E-state index in [2.05, 4.69) is 53.5 Å². The van der Waals surface area contributed by atoms with Gasteiger partial charge in [0.15, 0.2) is 0 Å². The Kier molecular flexibility index (Phi) is 10.8. The number of aromatic nitrogens is 4. The van der Waals surface area contributed by atoms with Crippen LogP contribution in [-0.2, 0) is 26.2 Å². The maximum Gasteiger partial charge on any atom is 0.261 e. The second-order valence-corrected chi connectivity index (χ2v) is 13.2. The molecule has 0 radical (unpaired) electrons. The van der Waals surface area contributed by atoms with Gasteiger partial charge in [0, 0.05) is 47.3 Å². The lowest BCUT2D eigenvalue weighted by molar-refractivity contribution is 0.259. The maximum atomic E-state index is 12.9. The topological polar surface area (TPSA) is 76.3 Å². The molecule has 8 rings (SSSR count). The van der Waals surface area contributed by atoms with E-state index < -0.39 is 0 Å². The van der Waals surface area contributed by atoms with E-state index in [4.69, 9.17) is 6.42 Å². The van der Waals surface area contributed by atoms with Gasteiger partial charge in [-0.2, -0.15) is 0 Å². The highest BCUT2D eigenvalue weighted by molar-refractivity contribution is 9.10. The van der Waals surface area contributed by atoms with Crippen molar-refractivity contribution < 1.29 is 8.78 Å². The van der Waals surface area contributed by atoms with Crippen LogP contribution < -0.4 is 11.1 Å². The summed E-state index contributed by atoms with van der Waals surface area (Å²) in [7, 11) is 4.06. The molecule has 0 amide bonds. The minimum atomic E-state index is -0.282. The zero-order valence-corrected chi connectivity index (χ0v) is 29.6. The average Bonchev–Trinajstić information content (AvgIpc) is 3.12. The molecule has 0 saturated carbocycles. The number of terminal acetylenes is 1. The van der Waals surface area contributed by atoms with Crippen LogP contribution >= 0.6 is 15.9 Å². The van der Waals surface area contributed by atoms with E-state index in [1.54, 1.807) is 39.5 Å². The minimum absolute atomic E-state index is 0.00569. The summed E-state index contributed by atoms with van der Waals surface area (Å²) in [5.41, 5.74) is 3.73. The fourth-order valence-electron chi connectivity index (χ4n) is 5.69. The van der Waals surface area contributed by atoms with Crippen molar-refractivity contribution in [3.05, 3.63) is 150 Å². The van der Waals surface area contributed by atoms with Crippen molar-refractivity contribution in [2.45, 2.75) is 26.2 Å². The van der Waals surface area contributed by atoms with E-state index in [-0.39, 0.29) is 22.8 Å². The number of fused-ring (bicyclic) bond motifs is 4. The first-order chi connectivity index (χ1) is 24.6. The van der Waals surface area contributed by atoms with E-state index in [0.717, 1.165) is 58.9 Å². The van der Waals surface area contributed by atoms with E-state index in [1.807, 2.05) is 44.4 Å². The number of hydrogen-bond donors (Lipinski definition) is 0. The zero-order valence-electron chi connectivity index (χ0n) is 28.0. The van der Waals surface area contributed by atoms with Gasteiger partial charge in [-0.1, -0.05) is 33.7 Å². The highest BCUT2D eigenvalue weighted by atomic mass is 79.9. The second-order valence-electron chi connectivity index (χ2n) is 12.2. The molecule has 6 aromatic rings. The summed E-state index contributed by atoms with van der Waals surface area (Å²) in [5, 5.41) is 1.31. The van der Waals surface area contributed by atoms with Crippen LogP contribution in [0.15, 0.2) is 99.0 Å². The fraction of sp³-hybridized carbons (Fsp3) is 0.200. The molecule has 0 bridgehead atoms. The molecule has 2 aliphatic heterocycles. The lowest BCUT2D eigenvalue weighted by Gasteiger charge is -2.25. The highest BCUT2D eigenvalue weighted by Crippen LogP contribution is 2.18. The van der Waals surface area contributed by atoms with Gasteiger partial charge in [0.25, 0.3) is 11.1 Å². The zero-order chi connectivity index (χ0) is 36.1. The molecule has 2 aliphatic rings. The lowest BCUT2D eigenvalue weighted by Crippen LogP contribution is -2.38. The predicted molar refractivity (Wildman–Crippen MR) is 199 cm³/mol. The first-order valence-electron chi connectivity index (χ1n) is 16.2. The van der Waals surface area contributed by atoms with Gasteiger partial charge in [-0.15, -0.1) is 6.42 Å². The van der Waals surface area contributed by atoms with Crippen molar-refractivity contribution in [2.24, 2.45) is 0 Å². The van der Waals surface area contributed by atoms with Crippen molar-refractivity contribution in [1.29, 1.82) is 0 Å². The third-order valence-corrected chi connectivity index (χ3v) is 8.96. The quantitative estimate of drug-likeness (QED) is 0.183. The Morgan fingerprint density at radius 2 is 1.08 bits per heavy atom. The Balaban J connectivity index is 0.000000148. The molecule has 0 unspecified atom stereocenters. The molecule has 0 fully saturated rings. The monoisotopic (exact) mass is 746 g/mol. The van der Waals surface area contributed by atoms with Gasteiger partial charge in [-0.05, 0) is 99.0 Å². The summed E-state index contributed by atoms with van der Waals surface area (Å²) in [5.74, 6) is 9.54. The molecular weight excluding hydrogens is 714 g/mol. The van der Waals surface area contributed by atoms with E-state index in [1.165, 1.54) is 24.3 Å². The summed E-state index contributed by atoms with van der Waals surface area (Å²) in [6.07, 6.45) is 5.03. The molecule has 0 saturated heterocycles. The molecule has 4 heterocycles. The number of nitrogens with zero attached hydrogens (tertiary/aromatic N) is 6. The lowest BCUT2D eigenvalue weighted by atomic mass is 10.1. The second kappa shape index (κ2) is 15.6. The normalized spacial score (nSPS) is 13.7. The first kappa shape index (κ1) is 35.4. The maximum absolute atomic E-state index is 12.9. The highest BCUT2D eigenvalue weighted by Gasteiger charge is 2.18. The van der Waals surface area contributed by atoms with Crippen molar-refractivity contribution in [1.82, 2.24) is 28.9 Å². The first-order valence-corrected chi connectivity index (χ1v) is 17.0. The predicted octanol–water partition coefficient (Wildman–Crippen LogP) is 5.79. The fourth-order valence-corrected chi connectivity index (χ4v) is 6.04. The summed E-state index contributed by atoms with van der Waals surface area (Å²) in [6.45, 7) is 4.54. The molecule has 256 valence electrons. The van der Waals surface area contributed by atoms with E-state index >= 15 is 0 Å². The van der Waals surface area contributed by atoms with Crippen molar-refractivity contribution >= 4 is 37.7 Å². The molecule has 51 heavy (non-hydrogen) atoms. The van der Waals surface area contributed by atoms with E-state index in [0.29, 0.717) is 34.9 Å². The molecular formula is C40H33BrF2N6O2. The Labute approximate surface area is 302 Å². The number of likely N-dealkylation sites (N-methyl/N-ethyl adjacent to an activating group) is 2. The van der Waals surface area contributed by atoms with Gasteiger partial charge in [0.2, 0.25) is 0 Å². The number of benzene rings is 4. The third-order valence-electron chi connectivity index (χ3n) is 8.47. The van der Waals surface area contributed by atoms with Crippen LogP contribution in [-0.4, -0.2) is 56.1 Å². The number of rotatable bonds is 0. The average molecular weight is 748 g/mol. The Morgan fingerprint density at radius 3 is 1.61 bits per heavy atom. The molecule has 11 heteroatoms. The Bertz CT molecular complexity index is 2460. The minimum Gasteiger partial charge on any atom is -0.297 e. The Hall–Kier alpha value is -5.46. The third kappa shape index (κ3) is 8.47. The SMILES string of the molecule is C#Cc1ccc(F)cc1.CN1CCn2c(nc3cc(Br)ccc3c2=O)C1.CN1CCn2c(nc3cc(C#Cc4ccc(F)cc4)ccc3c2=O)C1. The van der Waals surface area contributed by atoms with Crippen molar-refractivity contribution in [2.75, 3.05) is 27.2 Å². The van der Waals surface area contributed by atoms with Crippen LogP contribution in [0.4, 0.5) is 8.78 Å². The van der Waals surface area contributed by atoms with Gasteiger partial charge in [0.05, 0.1) is 34.9 Å². The standard InChI is InChI=1S/C20H16FN3O.C12H12BrN3O.C8H5F/c1-23-10-11-24-19(13-23)22-18-12-15(6-9-17(18)20(24)25)3-2-14-4-7-16(21)8-5-14;1-15-4-5-16-11(7-15)14-10-6-8(13)2-3-9(10)12(16)17;1-2-7-3-5-8(9)6-4-7/h4-9,12H,10-11,13H2,1H3;2-3,6H,4-5,7H2,1H3;1,3-6H. The van der Waals surface area contributed by atoms with Gasteiger partial charge in [-0.25, -0.2) is 18.7 Å². The largest absolute Gasteiger partial charge is 0.297 e. The van der Waals surface area contributed by atoms with Gasteiger partial charge >= 0.3 is 0 Å². The number of halogens is 3. The molecule has 0 aliphatic carbocycles. The summed E-state index contributed by atoms with van der Waals surface area (Å²) in [6, 6.07) is 22.9. The van der Waals surface area contributed by atoms with Crippen molar-refractivity contribution in [3.63, 3.8) is 0 Å². The van der Waals surface area contributed by atoms with Crippen LogP contribution in [0.5, 0.6) is 0 Å². The Morgan fingerprint density at radius 1 is 0.627 bits per heavy atom. The van der Waals surface area contributed by atoms with Crippen LogP contribution in [0.1, 0.15) is 28.3 Å². The van der Waals surface area contributed by atoms with E-state index in [9.17, 15) is 18.4 Å².